The van der Waals surface area contributed by atoms with E-state index in [9.17, 15) is 9.59 Å². The number of aryl methyl sites for hydroxylation is 1. The van der Waals surface area contributed by atoms with Crippen molar-refractivity contribution in [2.45, 2.75) is 51.4 Å². The Morgan fingerprint density at radius 2 is 1.69 bits per heavy atom. The van der Waals surface area contributed by atoms with Crippen molar-refractivity contribution in [2.75, 3.05) is 12.3 Å². The molecule has 0 saturated heterocycles. The first-order valence-corrected chi connectivity index (χ1v) is 14.0. The Kier molecular flexibility index (Phi) is 11.4. The number of nitrogens with one attached hydrogen (secondary N) is 1. The van der Waals surface area contributed by atoms with Crippen molar-refractivity contribution < 1.29 is 9.59 Å². The van der Waals surface area contributed by atoms with E-state index in [-0.39, 0.29) is 24.1 Å². The van der Waals surface area contributed by atoms with Gasteiger partial charge in [0.05, 0.1) is 5.75 Å². The van der Waals surface area contributed by atoms with Gasteiger partial charge in [-0.3, -0.25) is 9.59 Å². The molecule has 4 nitrogen and oxygen atoms in total. The van der Waals surface area contributed by atoms with Crippen LogP contribution in [0.1, 0.15) is 42.0 Å². The largest absolute Gasteiger partial charge is 0.354 e. The highest BCUT2D eigenvalue weighted by Crippen LogP contribution is 2.22. The quantitative estimate of drug-likeness (QED) is 0.263. The first-order chi connectivity index (χ1) is 17.5. The summed E-state index contributed by atoms with van der Waals surface area (Å²) in [6.07, 6.45) is 2.33. The normalized spacial score (nSPS) is 11.6. The van der Waals surface area contributed by atoms with Gasteiger partial charge in [0.25, 0.3) is 0 Å². The van der Waals surface area contributed by atoms with Crippen molar-refractivity contribution in [2.24, 2.45) is 0 Å². The lowest BCUT2D eigenvalue weighted by molar-refractivity contribution is -0.139. The van der Waals surface area contributed by atoms with Crippen molar-refractivity contribution in [3.8, 4) is 0 Å². The van der Waals surface area contributed by atoms with Gasteiger partial charge < -0.3 is 10.2 Å². The molecule has 0 heterocycles. The predicted molar refractivity (Wildman–Crippen MR) is 151 cm³/mol. The van der Waals surface area contributed by atoms with E-state index in [2.05, 4.69) is 37.4 Å². The summed E-state index contributed by atoms with van der Waals surface area (Å²) in [6.45, 7) is 5.03. The van der Waals surface area contributed by atoms with E-state index < -0.39 is 6.04 Å². The molecule has 0 saturated carbocycles. The van der Waals surface area contributed by atoms with Gasteiger partial charge in [-0.15, -0.1) is 11.8 Å². The number of carbonyl (C=O) groups is 2. The lowest BCUT2D eigenvalue weighted by Crippen LogP contribution is -2.51. The molecule has 36 heavy (non-hydrogen) atoms. The number of carbonyl (C=O) groups excluding carboxylic acids is 2. The molecule has 6 heteroatoms. The summed E-state index contributed by atoms with van der Waals surface area (Å²) < 4.78 is 0. The molecular formula is C30H35ClN2O2S. The standard InChI is InChI=1S/C30H35ClN2O2S/c1-3-4-17-32-30(35)28(19-24-12-6-5-7-13-24)33(20-26-15-8-9-16-27(26)31)29(34)22-36-21-25-14-10-11-23(2)18-25/h5-16,18,28H,3-4,17,19-22H2,1-2H3,(H,32,35). The number of thioether (sulfide) groups is 1. The summed E-state index contributed by atoms with van der Waals surface area (Å²) in [5, 5.41) is 3.65. The molecule has 0 aromatic heterocycles. The van der Waals surface area contributed by atoms with E-state index in [1.165, 1.54) is 11.1 Å². The highest BCUT2D eigenvalue weighted by molar-refractivity contribution is 7.99. The second kappa shape index (κ2) is 14.7. The number of halogens is 1. The fourth-order valence-electron chi connectivity index (χ4n) is 4.01. The Bertz CT molecular complexity index is 1120. The SMILES string of the molecule is CCCCNC(=O)C(Cc1ccccc1)N(Cc1ccccc1Cl)C(=O)CSCc1cccc(C)c1. The molecule has 1 atom stereocenters. The van der Waals surface area contributed by atoms with Crippen molar-refractivity contribution in [1.29, 1.82) is 0 Å². The maximum Gasteiger partial charge on any atom is 0.243 e. The van der Waals surface area contributed by atoms with Crippen molar-refractivity contribution in [3.63, 3.8) is 0 Å². The molecular weight excluding hydrogens is 488 g/mol. The van der Waals surface area contributed by atoms with Gasteiger partial charge in [0.1, 0.15) is 6.04 Å². The molecule has 0 radical (unpaired) electrons. The highest BCUT2D eigenvalue weighted by Gasteiger charge is 2.30. The fraction of sp³-hybridized carbons (Fsp3) is 0.333. The summed E-state index contributed by atoms with van der Waals surface area (Å²) >= 11 is 8.04. The van der Waals surface area contributed by atoms with E-state index in [1.54, 1.807) is 16.7 Å². The van der Waals surface area contributed by atoms with Crippen LogP contribution in [0.3, 0.4) is 0 Å². The smallest absolute Gasteiger partial charge is 0.243 e. The number of unbranched alkanes of at least 4 members (excludes halogenated alkanes) is 1. The Hall–Kier alpha value is -2.76. The first kappa shape index (κ1) is 27.8. The van der Waals surface area contributed by atoms with Crippen LogP contribution in [-0.4, -0.2) is 35.1 Å². The van der Waals surface area contributed by atoms with Gasteiger partial charge in [0.2, 0.25) is 11.8 Å². The van der Waals surface area contributed by atoms with Gasteiger partial charge in [-0.1, -0.05) is 103 Å². The highest BCUT2D eigenvalue weighted by atomic mass is 35.5. The van der Waals surface area contributed by atoms with Gasteiger partial charge in [0, 0.05) is 30.3 Å². The number of amides is 2. The third kappa shape index (κ3) is 8.72. The summed E-state index contributed by atoms with van der Waals surface area (Å²) in [5.74, 6) is 0.821. The van der Waals surface area contributed by atoms with Crippen LogP contribution in [0.15, 0.2) is 78.9 Å². The monoisotopic (exact) mass is 522 g/mol. The van der Waals surface area contributed by atoms with Gasteiger partial charge in [-0.2, -0.15) is 0 Å². The number of rotatable bonds is 13. The third-order valence-corrected chi connectivity index (χ3v) is 7.33. The van der Waals surface area contributed by atoms with Crippen LogP contribution in [0.5, 0.6) is 0 Å². The summed E-state index contributed by atoms with van der Waals surface area (Å²) in [7, 11) is 0. The maximum atomic E-state index is 13.7. The van der Waals surface area contributed by atoms with E-state index >= 15 is 0 Å². The van der Waals surface area contributed by atoms with Gasteiger partial charge in [0.15, 0.2) is 0 Å². The molecule has 0 aliphatic rings. The Morgan fingerprint density at radius 1 is 0.972 bits per heavy atom. The first-order valence-electron chi connectivity index (χ1n) is 12.5. The number of hydrogen-bond acceptors (Lipinski definition) is 3. The van der Waals surface area contributed by atoms with E-state index in [0.29, 0.717) is 18.0 Å². The van der Waals surface area contributed by atoms with Crippen molar-refractivity contribution in [1.82, 2.24) is 10.2 Å². The van der Waals surface area contributed by atoms with Crippen LogP contribution in [0, 0.1) is 6.92 Å². The molecule has 0 aliphatic heterocycles. The average molecular weight is 523 g/mol. The molecule has 0 bridgehead atoms. The molecule has 0 spiro atoms. The van der Waals surface area contributed by atoms with Crippen molar-refractivity contribution >= 4 is 35.2 Å². The second-order valence-electron chi connectivity index (χ2n) is 8.95. The van der Waals surface area contributed by atoms with E-state index in [4.69, 9.17) is 11.6 Å². The minimum absolute atomic E-state index is 0.0702. The third-order valence-electron chi connectivity index (χ3n) is 5.98. The predicted octanol–water partition coefficient (Wildman–Crippen LogP) is 6.44. The Labute approximate surface area is 224 Å². The molecule has 1 N–H and O–H groups in total. The number of benzene rings is 3. The zero-order valence-corrected chi connectivity index (χ0v) is 22.7. The van der Waals surface area contributed by atoms with Crippen LogP contribution in [0.2, 0.25) is 5.02 Å². The van der Waals surface area contributed by atoms with Gasteiger partial charge >= 0.3 is 0 Å². The van der Waals surface area contributed by atoms with E-state index in [0.717, 1.165) is 29.7 Å². The van der Waals surface area contributed by atoms with Crippen LogP contribution in [0.25, 0.3) is 0 Å². The zero-order valence-electron chi connectivity index (χ0n) is 21.1. The molecule has 0 aliphatic carbocycles. The molecule has 3 aromatic rings. The van der Waals surface area contributed by atoms with Crippen LogP contribution >= 0.6 is 23.4 Å². The molecule has 190 valence electrons. The Morgan fingerprint density at radius 3 is 2.42 bits per heavy atom. The topological polar surface area (TPSA) is 49.4 Å². The van der Waals surface area contributed by atoms with Crippen molar-refractivity contribution in [3.05, 3.63) is 106 Å². The molecule has 1 unspecified atom stereocenters. The molecule has 0 fully saturated rings. The summed E-state index contributed by atoms with van der Waals surface area (Å²) in [5.41, 5.74) is 4.23. The van der Waals surface area contributed by atoms with E-state index in [1.807, 2.05) is 60.7 Å². The van der Waals surface area contributed by atoms with Crippen LogP contribution < -0.4 is 5.32 Å². The molecule has 2 amide bonds. The zero-order chi connectivity index (χ0) is 25.8. The lowest BCUT2D eigenvalue weighted by atomic mass is 10.0. The maximum absolute atomic E-state index is 13.7. The minimum atomic E-state index is -0.632. The van der Waals surface area contributed by atoms with Gasteiger partial charge in [-0.25, -0.2) is 0 Å². The van der Waals surface area contributed by atoms with Gasteiger partial charge in [-0.05, 0) is 36.1 Å². The molecule has 3 aromatic carbocycles. The lowest BCUT2D eigenvalue weighted by Gasteiger charge is -2.32. The number of hydrogen-bond donors (Lipinski definition) is 1. The number of nitrogens with zero attached hydrogens (tertiary/aromatic N) is 1. The minimum Gasteiger partial charge on any atom is -0.354 e. The van der Waals surface area contributed by atoms with Crippen LogP contribution in [0.4, 0.5) is 0 Å². The second-order valence-corrected chi connectivity index (χ2v) is 10.3. The Balaban J connectivity index is 1.84. The summed E-state index contributed by atoms with van der Waals surface area (Å²) in [4.78, 5) is 28.8. The average Bonchev–Trinajstić information content (AvgIpc) is 2.88. The van der Waals surface area contributed by atoms with Crippen LogP contribution in [-0.2, 0) is 28.3 Å². The molecule has 3 rings (SSSR count). The summed E-state index contributed by atoms with van der Waals surface area (Å²) in [6, 6.07) is 25.1. The fourth-order valence-corrected chi connectivity index (χ4v) is 5.06.